The van der Waals surface area contributed by atoms with Gasteiger partial charge in [-0.1, -0.05) is 35.6 Å². The maximum Gasteiger partial charge on any atom is 0.350 e. The molecule has 3 heterocycles. The van der Waals surface area contributed by atoms with Gasteiger partial charge in [0.25, 0.3) is 5.91 Å². The zero-order valence-electron chi connectivity index (χ0n) is 21.5. The molecule has 0 spiro atoms. The van der Waals surface area contributed by atoms with E-state index >= 15 is 0 Å². The summed E-state index contributed by atoms with van der Waals surface area (Å²) in [6, 6.07) is 12.4. The number of rotatable bonds is 8. The largest absolute Gasteiger partial charge is 0.503 e. The van der Waals surface area contributed by atoms with Crippen LogP contribution >= 0.6 is 11.3 Å². The van der Waals surface area contributed by atoms with Gasteiger partial charge in [0, 0.05) is 5.39 Å². The average molecular weight is 549 g/mol. The third-order valence-corrected chi connectivity index (χ3v) is 7.42. The van der Waals surface area contributed by atoms with E-state index < -0.39 is 29.5 Å². The van der Waals surface area contributed by atoms with Crippen LogP contribution in [0.5, 0.6) is 11.5 Å². The normalized spacial score (nSPS) is 15.2. The van der Waals surface area contributed by atoms with Gasteiger partial charge < -0.3 is 23.7 Å². The summed E-state index contributed by atoms with van der Waals surface area (Å²) in [6.45, 7) is 3.48. The summed E-state index contributed by atoms with van der Waals surface area (Å²) in [5, 5.41) is 11.8. The highest BCUT2D eigenvalue weighted by Gasteiger charge is 2.47. The topological polar surface area (TPSA) is 128 Å². The predicted molar refractivity (Wildman–Crippen MR) is 143 cm³/mol. The standard InChI is InChI=1S/C28H24N2O8S/c1-5-37-27(34)25-14(2)29-28(39-25)30-21(15-9-11-17(35-3)12-10-15)20(23(32)26(30)33)22(31)19-13-16-7-6-8-18(36-4)24(16)38-19/h6-13,21,32H,5H2,1-4H3. The second kappa shape index (κ2) is 10.3. The maximum absolute atomic E-state index is 13.9. The van der Waals surface area contributed by atoms with Crippen LogP contribution in [0.15, 0.2) is 64.3 Å². The van der Waals surface area contributed by atoms with Gasteiger partial charge in [-0.2, -0.15) is 0 Å². The minimum absolute atomic E-state index is 0.0771. The summed E-state index contributed by atoms with van der Waals surface area (Å²) in [5.41, 5.74) is 1.04. The molecule has 0 saturated heterocycles. The van der Waals surface area contributed by atoms with Crippen LogP contribution in [0.3, 0.4) is 0 Å². The first-order chi connectivity index (χ1) is 18.8. The molecule has 0 radical (unpaired) electrons. The Balaban J connectivity index is 1.64. The lowest BCUT2D eigenvalue weighted by atomic mass is 9.95. The molecular weight excluding hydrogens is 524 g/mol. The van der Waals surface area contributed by atoms with Crippen molar-refractivity contribution in [2.45, 2.75) is 19.9 Å². The van der Waals surface area contributed by atoms with Crippen LogP contribution in [0.25, 0.3) is 11.0 Å². The average Bonchev–Trinajstić information content (AvgIpc) is 3.62. The summed E-state index contributed by atoms with van der Waals surface area (Å²) in [6.07, 6.45) is 0. The van der Waals surface area contributed by atoms with E-state index in [-0.39, 0.29) is 27.9 Å². The predicted octanol–water partition coefficient (Wildman–Crippen LogP) is 5.17. The first-order valence-electron chi connectivity index (χ1n) is 11.9. The number of hydrogen-bond donors (Lipinski definition) is 1. The molecule has 0 fully saturated rings. The van der Waals surface area contributed by atoms with Crippen LogP contribution in [0.2, 0.25) is 0 Å². The number of furan rings is 1. The van der Waals surface area contributed by atoms with Crippen LogP contribution in [-0.2, 0) is 9.53 Å². The number of aromatic nitrogens is 1. The number of aliphatic hydroxyl groups excluding tert-OH is 1. The zero-order chi connectivity index (χ0) is 27.8. The number of Topliss-reactive ketones (excluding diaryl/α,β-unsaturated/α-hetero) is 1. The molecule has 10 nitrogen and oxygen atoms in total. The molecule has 39 heavy (non-hydrogen) atoms. The number of anilines is 1. The van der Waals surface area contributed by atoms with Gasteiger partial charge in [0.15, 0.2) is 28.0 Å². The number of hydrogen-bond acceptors (Lipinski definition) is 10. The van der Waals surface area contributed by atoms with Crippen molar-refractivity contribution >= 4 is 45.1 Å². The number of aliphatic hydroxyl groups is 1. The minimum atomic E-state index is -1.06. The van der Waals surface area contributed by atoms with E-state index in [2.05, 4.69) is 4.98 Å². The molecule has 0 bridgehead atoms. The molecule has 1 amide bonds. The highest BCUT2D eigenvalue weighted by atomic mass is 32.1. The summed E-state index contributed by atoms with van der Waals surface area (Å²) in [5.74, 6) is -1.90. The molecule has 4 aromatic rings. The monoisotopic (exact) mass is 548 g/mol. The number of methoxy groups -OCH3 is 2. The molecule has 1 unspecified atom stereocenters. The van der Waals surface area contributed by atoms with Crippen molar-refractivity contribution in [2.24, 2.45) is 0 Å². The Kier molecular flexibility index (Phi) is 6.83. The number of carbonyl (C=O) groups excluding carboxylic acids is 3. The van der Waals surface area contributed by atoms with E-state index in [1.54, 1.807) is 56.3 Å². The Morgan fingerprint density at radius 3 is 2.54 bits per heavy atom. The highest BCUT2D eigenvalue weighted by Crippen LogP contribution is 2.44. The van der Waals surface area contributed by atoms with Crippen LogP contribution < -0.4 is 14.4 Å². The van der Waals surface area contributed by atoms with Gasteiger partial charge in [0.05, 0.1) is 38.1 Å². The summed E-state index contributed by atoms with van der Waals surface area (Å²) >= 11 is 0.941. The second-order valence-electron chi connectivity index (χ2n) is 8.56. The molecule has 1 N–H and O–H groups in total. The van der Waals surface area contributed by atoms with E-state index in [1.165, 1.54) is 25.2 Å². The number of fused-ring (bicyclic) bond motifs is 1. The number of thiazole rings is 1. The molecule has 2 aromatic heterocycles. The Bertz CT molecular complexity index is 1630. The molecule has 1 atom stereocenters. The van der Waals surface area contributed by atoms with Crippen molar-refractivity contribution in [1.29, 1.82) is 0 Å². The Morgan fingerprint density at radius 2 is 1.87 bits per heavy atom. The third-order valence-electron chi connectivity index (χ3n) is 6.29. The molecule has 11 heteroatoms. The number of aryl methyl sites for hydroxylation is 1. The third kappa shape index (κ3) is 4.40. The van der Waals surface area contributed by atoms with E-state index in [9.17, 15) is 19.5 Å². The molecule has 0 saturated carbocycles. The van der Waals surface area contributed by atoms with Crippen molar-refractivity contribution < 1.29 is 38.1 Å². The van der Waals surface area contributed by atoms with Crippen molar-refractivity contribution in [3.05, 3.63) is 81.8 Å². The Hall–Kier alpha value is -4.64. The number of nitrogens with zero attached hydrogens (tertiary/aromatic N) is 2. The van der Waals surface area contributed by atoms with Crippen molar-refractivity contribution in [1.82, 2.24) is 4.98 Å². The highest BCUT2D eigenvalue weighted by molar-refractivity contribution is 7.17. The SMILES string of the molecule is CCOC(=O)c1sc(N2C(=O)C(O)=C(C(=O)c3cc4cccc(OC)c4o3)C2c2ccc(OC)cc2)nc1C. The van der Waals surface area contributed by atoms with Crippen molar-refractivity contribution in [3.8, 4) is 11.5 Å². The van der Waals surface area contributed by atoms with Gasteiger partial charge in [0.1, 0.15) is 10.6 Å². The lowest BCUT2D eigenvalue weighted by Crippen LogP contribution is -2.31. The minimum Gasteiger partial charge on any atom is -0.503 e. The van der Waals surface area contributed by atoms with Crippen LogP contribution in [-0.4, -0.2) is 48.6 Å². The molecule has 200 valence electrons. The molecule has 2 aromatic carbocycles. The van der Waals surface area contributed by atoms with E-state index in [0.717, 1.165) is 11.3 Å². The molecule has 1 aliphatic rings. The second-order valence-corrected chi connectivity index (χ2v) is 9.54. The van der Waals surface area contributed by atoms with E-state index in [0.29, 0.717) is 33.7 Å². The number of para-hydroxylation sites is 1. The van der Waals surface area contributed by atoms with Gasteiger partial charge in [0.2, 0.25) is 5.78 Å². The van der Waals surface area contributed by atoms with Gasteiger partial charge >= 0.3 is 5.97 Å². The number of benzene rings is 2. The summed E-state index contributed by atoms with van der Waals surface area (Å²) in [7, 11) is 3.01. The first-order valence-corrected chi connectivity index (χ1v) is 12.8. The molecule has 0 aliphatic carbocycles. The van der Waals surface area contributed by atoms with Crippen LogP contribution in [0, 0.1) is 6.92 Å². The zero-order valence-corrected chi connectivity index (χ0v) is 22.3. The van der Waals surface area contributed by atoms with E-state index in [1.807, 2.05) is 0 Å². The Labute approximate surface area is 227 Å². The lowest BCUT2D eigenvalue weighted by Gasteiger charge is -2.24. The van der Waals surface area contributed by atoms with Crippen molar-refractivity contribution in [2.75, 3.05) is 25.7 Å². The van der Waals surface area contributed by atoms with E-state index in [4.69, 9.17) is 18.6 Å². The number of esters is 1. The fourth-order valence-corrected chi connectivity index (χ4v) is 5.44. The number of carbonyl (C=O) groups is 3. The first kappa shape index (κ1) is 26.0. The summed E-state index contributed by atoms with van der Waals surface area (Å²) < 4.78 is 21.6. The number of ketones is 1. The van der Waals surface area contributed by atoms with Crippen LogP contribution in [0.4, 0.5) is 5.13 Å². The lowest BCUT2D eigenvalue weighted by molar-refractivity contribution is -0.117. The van der Waals surface area contributed by atoms with Crippen LogP contribution in [0.1, 0.15) is 44.4 Å². The van der Waals surface area contributed by atoms with Gasteiger partial charge in [-0.15, -0.1) is 0 Å². The fourth-order valence-electron chi connectivity index (χ4n) is 4.45. The molecular formula is C28H24N2O8S. The molecule has 1 aliphatic heterocycles. The summed E-state index contributed by atoms with van der Waals surface area (Å²) in [4.78, 5) is 45.7. The maximum atomic E-state index is 13.9. The smallest absolute Gasteiger partial charge is 0.350 e. The van der Waals surface area contributed by atoms with Gasteiger partial charge in [-0.25, -0.2) is 9.78 Å². The number of amides is 1. The molecule has 5 rings (SSSR count). The number of ether oxygens (including phenoxy) is 3. The van der Waals surface area contributed by atoms with Gasteiger partial charge in [-0.3, -0.25) is 14.5 Å². The quantitative estimate of drug-likeness (QED) is 0.234. The van der Waals surface area contributed by atoms with Crippen molar-refractivity contribution in [3.63, 3.8) is 0 Å². The Morgan fingerprint density at radius 1 is 1.13 bits per heavy atom. The van der Waals surface area contributed by atoms with Gasteiger partial charge in [-0.05, 0) is 43.7 Å². The fraction of sp³-hybridized carbons (Fsp3) is 0.214.